The number of thiophene rings is 1. The summed E-state index contributed by atoms with van der Waals surface area (Å²) in [7, 11) is 1.32. The Labute approximate surface area is 165 Å². The number of carbonyl (C=O) groups excluding carboxylic acids is 2. The summed E-state index contributed by atoms with van der Waals surface area (Å²) in [4.78, 5) is 28.1. The molecule has 0 atom stereocenters. The van der Waals surface area contributed by atoms with Gasteiger partial charge in [-0.05, 0) is 24.6 Å². The number of hydrogen-bond donors (Lipinski definition) is 0. The first-order chi connectivity index (χ1) is 12.5. The van der Waals surface area contributed by atoms with E-state index < -0.39 is 5.97 Å². The van der Waals surface area contributed by atoms with Gasteiger partial charge in [0.1, 0.15) is 10.1 Å². The number of ether oxygens (including phenoxy) is 1. The maximum absolute atomic E-state index is 12.7. The van der Waals surface area contributed by atoms with Crippen LogP contribution in [0.2, 0.25) is 8.67 Å². The Hall–Kier alpha value is -1.54. The zero-order valence-corrected chi connectivity index (χ0v) is 16.5. The van der Waals surface area contributed by atoms with Crippen molar-refractivity contribution >= 4 is 46.4 Å². The van der Waals surface area contributed by atoms with Crippen LogP contribution >= 0.6 is 34.5 Å². The minimum atomic E-state index is -0.491. The number of rotatable bonds is 4. The van der Waals surface area contributed by atoms with Crippen LogP contribution in [0.5, 0.6) is 0 Å². The van der Waals surface area contributed by atoms with E-state index in [1.807, 2.05) is 0 Å². The topological polar surface area (TPSA) is 63.0 Å². The smallest absolute Gasteiger partial charge is 0.373 e. The van der Waals surface area contributed by atoms with Gasteiger partial charge in [0.05, 0.1) is 23.6 Å². The van der Waals surface area contributed by atoms with Crippen LogP contribution in [-0.4, -0.2) is 55.0 Å². The zero-order valence-electron chi connectivity index (χ0n) is 14.2. The molecule has 0 saturated carbocycles. The molecule has 1 amide bonds. The van der Waals surface area contributed by atoms with Crippen molar-refractivity contribution in [3.05, 3.63) is 44.0 Å². The first-order valence-corrected chi connectivity index (χ1v) is 9.68. The van der Waals surface area contributed by atoms with Crippen molar-refractivity contribution in [1.82, 2.24) is 9.80 Å². The molecule has 0 spiro atoms. The molecule has 6 nitrogen and oxygen atoms in total. The lowest BCUT2D eigenvalue weighted by Gasteiger charge is -2.21. The Bertz CT molecular complexity index is 805. The van der Waals surface area contributed by atoms with E-state index in [0.29, 0.717) is 46.2 Å². The molecule has 1 aliphatic heterocycles. The van der Waals surface area contributed by atoms with Gasteiger partial charge in [-0.15, -0.1) is 11.3 Å². The predicted octanol–water partition coefficient (Wildman–Crippen LogP) is 3.78. The standard InChI is InChI=1S/C17H18Cl2N2O4S/c1-24-17(23)13-4-3-11(25-13)10-20-5-2-6-21(8-7-20)16(22)12-9-14(18)26-15(12)19/h3-4,9H,2,5-8,10H2,1H3. The summed E-state index contributed by atoms with van der Waals surface area (Å²) in [6.07, 6.45) is 0.839. The van der Waals surface area contributed by atoms with Crippen LogP contribution in [-0.2, 0) is 11.3 Å². The Morgan fingerprint density at radius 3 is 2.73 bits per heavy atom. The first-order valence-electron chi connectivity index (χ1n) is 8.11. The molecule has 1 fully saturated rings. The highest BCUT2D eigenvalue weighted by molar-refractivity contribution is 7.20. The monoisotopic (exact) mass is 416 g/mol. The highest BCUT2D eigenvalue weighted by atomic mass is 35.5. The highest BCUT2D eigenvalue weighted by Crippen LogP contribution is 2.32. The third-order valence-electron chi connectivity index (χ3n) is 4.19. The van der Waals surface area contributed by atoms with Crippen LogP contribution in [0.4, 0.5) is 0 Å². The molecule has 3 rings (SSSR count). The van der Waals surface area contributed by atoms with Gasteiger partial charge >= 0.3 is 5.97 Å². The Morgan fingerprint density at radius 2 is 2.04 bits per heavy atom. The molecule has 0 radical (unpaired) electrons. The molecule has 2 aromatic rings. The summed E-state index contributed by atoms with van der Waals surface area (Å²) in [5.41, 5.74) is 0.462. The molecule has 9 heteroatoms. The molecular formula is C17H18Cl2N2O4S. The molecule has 0 aliphatic carbocycles. The lowest BCUT2D eigenvalue weighted by molar-refractivity contribution is 0.0560. The van der Waals surface area contributed by atoms with Gasteiger partial charge in [-0.25, -0.2) is 4.79 Å². The van der Waals surface area contributed by atoms with Crippen molar-refractivity contribution in [3.8, 4) is 0 Å². The number of furan rings is 1. The fourth-order valence-electron chi connectivity index (χ4n) is 2.88. The molecule has 1 saturated heterocycles. The molecule has 0 unspecified atom stereocenters. The van der Waals surface area contributed by atoms with Crippen LogP contribution in [0.15, 0.2) is 22.6 Å². The minimum absolute atomic E-state index is 0.0917. The van der Waals surface area contributed by atoms with Crippen molar-refractivity contribution in [2.45, 2.75) is 13.0 Å². The van der Waals surface area contributed by atoms with Crippen LogP contribution in [0.25, 0.3) is 0 Å². The van der Waals surface area contributed by atoms with E-state index in [9.17, 15) is 9.59 Å². The lowest BCUT2D eigenvalue weighted by atomic mass is 10.3. The molecule has 140 valence electrons. The molecule has 2 aromatic heterocycles. The normalized spacial score (nSPS) is 15.7. The van der Waals surface area contributed by atoms with E-state index >= 15 is 0 Å². The van der Waals surface area contributed by atoms with Crippen molar-refractivity contribution in [1.29, 1.82) is 0 Å². The van der Waals surface area contributed by atoms with E-state index in [4.69, 9.17) is 27.6 Å². The fourth-order valence-corrected chi connectivity index (χ4v) is 4.33. The summed E-state index contributed by atoms with van der Waals surface area (Å²) in [6.45, 7) is 3.35. The van der Waals surface area contributed by atoms with E-state index in [1.165, 1.54) is 18.4 Å². The number of carbonyl (C=O) groups is 2. The van der Waals surface area contributed by atoms with Crippen molar-refractivity contribution in [3.63, 3.8) is 0 Å². The second-order valence-corrected chi connectivity index (χ2v) is 8.20. The molecule has 3 heterocycles. The average molecular weight is 417 g/mol. The third kappa shape index (κ3) is 4.40. The maximum atomic E-state index is 12.7. The van der Waals surface area contributed by atoms with Crippen LogP contribution in [0.1, 0.15) is 33.1 Å². The maximum Gasteiger partial charge on any atom is 0.373 e. The van der Waals surface area contributed by atoms with Gasteiger partial charge in [-0.3, -0.25) is 9.69 Å². The number of hydrogen-bond acceptors (Lipinski definition) is 6. The third-order valence-corrected chi connectivity index (χ3v) is 5.68. The average Bonchev–Trinajstić information content (AvgIpc) is 3.13. The van der Waals surface area contributed by atoms with Crippen molar-refractivity contribution in [2.24, 2.45) is 0 Å². The summed E-state index contributed by atoms with van der Waals surface area (Å²) in [5, 5.41) is 0. The molecule has 0 aromatic carbocycles. The second-order valence-electron chi connectivity index (χ2n) is 5.92. The van der Waals surface area contributed by atoms with Gasteiger partial charge in [0, 0.05) is 26.2 Å². The summed E-state index contributed by atoms with van der Waals surface area (Å²) in [5.74, 6) is 0.303. The number of halogens is 2. The Kier molecular flexibility index (Phi) is 6.24. The van der Waals surface area contributed by atoms with Gasteiger partial charge in [-0.2, -0.15) is 0 Å². The first kappa shape index (κ1) is 19.2. The second kappa shape index (κ2) is 8.43. The number of amides is 1. The van der Waals surface area contributed by atoms with Crippen LogP contribution < -0.4 is 0 Å². The predicted molar refractivity (Wildman–Crippen MR) is 100 cm³/mol. The molecule has 0 bridgehead atoms. The number of nitrogens with zero attached hydrogens (tertiary/aromatic N) is 2. The number of esters is 1. The summed E-state index contributed by atoms with van der Waals surface area (Å²) < 4.78 is 11.1. The van der Waals surface area contributed by atoms with Crippen LogP contribution in [0.3, 0.4) is 0 Å². The lowest BCUT2D eigenvalue weighted by Crippen LogP contribution is -2.35. The van der Waals surface area contributed by atoms with E-state index in [0.717, 1.165) is 13.0 Å². The van der Waals surface area contributed by atoms with E-state index in [1.54, 1.807) is 23.1 Å². The summed E-state index contributed by atoms with van der Waals surface area (Å²) >= 11 is 13.2. The number of methoxy groups -OCH3 is 1. The molecule has 0 N–H and O–H groups in total. The fraction of sp³-hybridized carbons (Fsp3) is 0.412. The van der Waals surface area contributed by atoms with Crippen LogP contribution in [0, 0.1) is 0 Å². The minimum Gasteiger partial charge on any atom is -0.463 e. The van der Waals surface area contributed by atoms with Gasteiger partial charge in [0.2, 0.25) is 5.76 Å². The summed E-state index contributed by atoms with van der Waals surface area (Å²) in [6, 6.07) is 5.00. The molecule has 26 heavy (non-hydrogen) atoms. The van der Waals surface area contributed by atoms with Gasteiger partial charge in [0.15, 0.2) is 0 Å². The van der Waals surface area contributed by atoms with Gasteiger partial charge in [0.25, 0.3) is 5.91 Å². The quantitative estimate of drug-likeness (QED) is 0.709. The van der Waals surface area contributed by atoms with Crippen molar-refractivity contribution in [2.75, 3.05) is 33.3 Å². The van der Waals surface area contributed by atoms with Gasteiger partial charge < -0.3 is 14.1 Å². The zero-order chi connectivity index (χ0) is 18.7. The van der Waals surface area contributed by atoms with E-state index in [2.05, 4.69) is 9.64 Å². The van der Waals surface area contributed by atoms with Crippen molar-refractivity contribution < 1.29 is 18.7 Å². The SMILES string of the molecule is COC(=O)c1ccc(CN2CCCN(C(=O)c3cc(Cl)sc3Cl)CC2)o1. The Morgan fingerprint density at radius 1 is 1.23 bits per heavy atom. The largest absolute Gasteiger partial charge is 0.463 e. The highest BCUT2D eigenvalue weighted by Gasteiger charge is 2.24. The Balaban J connectivity index is 1.59. The van der Waals surface area contributed by atoms with E-state index in [-0.39, 0.29) is 11.7 Å². The molecule has 1 aliphatic rings. The molecular weight excluding hydrogens is 399 g/mol. The van der Waals surface area contributed by atoms with Gasteiger partial charge in [-0.1, -0.05) is 23.2 Å².